The van der Waals surface area contributed by atoms with E-state index in [2.05, 4.69) is 11.7 Å². The highest BCUT2D eigenvalue weighted by molar-refractivity contribution is 7.89. The summed E-state index contributed by atoms with van der Waals surface area (Å²) in [7, 11) is -3.55. The molecule has 3 rings (SSSR count). The van der Waals surface area contributed by atoms with Gasteiger partial charge in [0.25, 0.3) is 0 Å². The lowest BCUT2D eigenvalue weighted by Crippen LogP contribution is -2.35. The zero-order chi connectivity index (χ0) is 17.0. The molecule has 128 valence electrons. The summed E-state index contributed by atoms with van der Waals surface area (Å²) in [5.41, 5.74) is 0.890. The second-order valence-electron chi connectivity index (χ2n) is 5.81. The molecule has 2 aromatic rings. The van der Waals surface area contributed by atoms with Gasteiger partial charge in [0.15, 0.2) is 0 Å². The van der Waals surface area contributed by atoms with Crippen molar-refractivity contribution in [1.29, 1.82) is 0 Å². The minimum Gasteiger partial charge on any atom is -0.377 e. The van der Waals surface area contributed by atoms with Crippen molar-refractivity contribution in [1.82, 2.24) is 14.1 Å². The summed E-state index contributed by atoms with van der Waals surface area (Å²) in [6.07, 6.45) is 3.39. The third-order valence-corrected chi connectivity index (χ3v) is 5.83. The minimum atomic E-state index is -3.55. The average molecular weight is 347 g/mol. The fourth-order valence-corrected chi connectivity index (χ4v) is 4.35. The first-order chi connectivity index (χ1) is 11.6. The average Bonchev–Trinajstić information content (AvgIpc) is 2.94. The van der Waals surface area contributed by atoms with Gasteiger partial charge in [0, 0.05) is 25.2 Å². The molecule has 0 bridgehead atoms. The van der Waals surface area contributed by atoms with Crippen molar-refractivity contribution < 1.29 is 13.2 Å². The number of fused-ring (bicyclic) bond motifs is 1. The maximum absolute atomic E-state index is 13.0. The molecule has 0 saturated carbocycles. The Labute approximate surface area is 142 Å². The Bertz CT molecular complexity index is 786. The first kappa shape index (κ1) is 16.9. The van der Waals surface area contributed by atoms with E-state index in [1.54, 1.807) is 36.5 Å². The molecule has 1 aliphatic heterocycles. The zero-order valence-corrected chi connectivity index (χ0v) is 14.2. The van der Waals surface area contributed by atoms with Crippen molar-refractivity contribution >= 4 is 10.0 Å². The summed E-state index contributed by atoms with van der Waals surface area (Å²) in [6, 6.07) is 10.4. The van der Waals surface area contributed by atoms with Crippen molar-refractivity contribution in [2.24, 2.45) is 5.92 Å². The van der Waals surface area contributed by atoms with Crippen molar-refractivity contribution in [2.45, 2.75) is 18.0 Å². The van der Waals surface area contributed by atoms with Crippen molar-refractivity contribution in [2.75, 3.05) is 19.8 Å². The maximum Gasteiger partial charge on any atom is 0.243 e. The molecule has 1 atom stereocenters. The van der Waals surface area contributed by atoms with E-state index in [9.17, 15) is 8.42 Å². The van der Waals surface area contributed by atoms with Crippen LogP contribution in [0, 0.1) is 5.92 Å². The number of benzene rings is 1. The standard InChI is InChI=1S/C17H21N3O3S/c1-2-10-23-14-15-11-19(13-16-8-9-18-20(16)12-15)24(21,22)17-6-4-3-5-7-17/h2-9,15H,1,10-14H2/t15-/m0/s1. The summed E-state index contributed by atoms with van der Waals surface area (Å²) in [5, 5.41) is 4.30. The highest BCUT2D eigenvalue weighted by Crippen LogP contribution is 2.23. The van der Waals surface area contributed by atoms with Gasteiger partial charge in [0.1, 0.15) is 0 Å². The van der Waals surface area contributed by atoms with Crippen LogP contribution in [-0.2, 0) is 27.8 Å². The molecule has 24 heavy (non-hydrogen) atoms. The summed E-state index contributed by atoms with van der Waals surface area (Å²) < 4.78 is 34.9. The van der Waals surface area contributed by atoms with Crippen LogP contribution in [0.4, 0.5) is 0 Å². The summed E-state index contributed by atoms with van der Waals surface area (Å²) in [4.78, 5) is 0.309. The SMILES string of the molecule is C=CCOC[C@H]1CN(S(=O)(=O)c2ccccc2)Cc2ccnn2C1. The molecule has 0 N–H and O–H groups in total. The first-order valence-electron chi connectivity index (χ1n) is 7.86. The van der Waals surface area contributed by atoms with Crippen molar-refractivity contribution in [3.63, 3.8) is 0 Å². The molecular weight excluding hydrogens is 326 g/mol. The summed E-state index contributed by atoms with van der Waals surface area (Å²) in [6.45, 7) is 5.91. The predicted molar refractivity (Wildman–Crippen MR) is 90.8 cm³/mol. The van der Waals surface area contributed by atoms with Crippen LogP contribution in [0.3, 0.4) is 0 Å². The van der Waals surface area contributed by atoms with E-state index in [-0.39, 0.29) is 5.92 Å². The van der Waals surface area contributed by atoms with Crippen molar-refractivity contribution in [3.8, 4) is 0 Å². The quantitative estimate of drug-likeness (QED) is 0.591. The third-order valence-electron chi connectivity index (χ3n) is 4.01. The van der Waals surface area contributed by atoms with Gasteiger partial charge in [-0.25, -0.2) is 8.42 Å². The second-order valence-corrected chi connectivity index (χ2v) is 7.75. The number of aromatic nitrogens is 2. The van der Waals surface area contributed by atoms with Gasteiger partial charge in [-0.05, 0) is 18.2 Å². The predicted octanol–water partition coefficient (Wildman–Crippen LogP) is 1.91. The molecule has 2 heterocycles. The van der Waals surface area contributed by atoms with Crippen LogP contribution < -0.4 is 0 Å². The Balaban J connectivity index is 1.88. The molecule has 1 aromatic carbocycles. The fraction of sp³-hybridized carbons (Fsp3) is 0.353. The number of hydrogen-bond acceptors (Lipinski definition) is 4. The van der Waals surface area contributed by atoms with Crippen LogP contribution in [0.2, 0.25) is 0 Å². The third kappa shape index (κ3) is 3.58. The van der Waals surface area contributed by atoms with Gasteiger partial charge in [-0.2, -0.15) is 9.40 Å². The molecule has 1 aliphatic rings. The van der Waals surface area contributed by atoms with Gasteiger partial charge in [-0.3, -0.25) is 4.68 Å². The van der Waals surface area contributed by atoms with E-state index in [0.717, 1.165) is 5.69 Å². The van der Waals surface area contributed by atoms with E-state index in [0.29, 0.717) is 37.7 Å². The largest absolute Gasteiger partial charge is 0.377 e. The van der Waals surface area contributed by atoms with Gasteiger partial charge < -0.3 is 4.74 Å². The van der Waals surface area contributed by atoms with Crippen LogP contribution in [0.25, 0.3) is 0 Å². The van der Waals surface area contributed by atoms with Crippen LogP contribution >= 0.6 is 0 Å². The molecule has 0 amide bonds. The number of rotatable bonds is 6. The molecule has 0 radical (unpaired) electrons. The lowest BCUT2D eigenvalue weighted by Gasteiger charge is -2.23. The molecule has 0 spiro atoms. The molecular formula is C17H21N3O3S. The highest BCUT2D eigenvalue weighted by atomic mass is 32.2. The minimum absolute atomic E-state index is 0.0320. The monoisotopic (exact) mass is 347 g/mol. The van der Waals surface area contributed by atoms with Crippen molar-refractivity contribution in [3.05, 3.63) is 60.9 Å². The highest BCUT2D eigenvalue weighted by Gasteiger charge is 2.31. The summed E-state index contributed by atoms with van der Waals surface area (Å²) in [5.74, 6) is 0.0320. The van der Waals surface area contributed by atoms with Gasteiger partial charge >= 0.3 is 0 Å². The normalized spacial score (nSPS) is 18.8. The Kier molecular flexibility index (Phi) is 5.13. The van der Waals surface area contributed by atoms with E-state index < -0.39 is 10.0 Å². The Hall–Kier alpha value is -1.96. The second kappa shape index (κ2) is 7.29. The number of nitrogens with zero attached hydrogens (tertiary/aromatic N) is 3. The van der Waals surface area contributed by atoms with E-state index >= 15 is 0 Å². The molecule has 7 heteroatoms. The number of ether oxygens (including phenoxy) is 1. The Morgan fingerprint density at radius 2 is 2.04 bits per heavy atom. The molecule has 0 saturated heterocycles. The van der Waals surface area contributed by atoms with Crippen LogP contribution in [0.1, 0.15) is 5.69 Å². The summed E-state index contributed by atoms with van der Waals surface area (Å²) >= 11 is 0. The first-order valence-corrected chi connectivity index (χ1v) is 9.30. The molecule has 6 nitrogen and oxygen atoms in total. The van der Waals surface area contributed by atoms with Crippen LogP contribution in [0.15, 0.2) is 60.1 Å². The zero-order valence-electron chi connectivity index (χ0n) is 13.4. The number of sulfonamides is 1. The lowest BCUT2D eigenvalue weighted by molar-refractivity contribution is 0.107. The van der Waals surface area contributed by atoms with Gasteiger partial charge in [-0.15, -0.1) is 6.58 Å². The molecule has 0 unspecified atom stereocenters. The Morgan fingerprint density at radius 1 is 1.25 bits per heavy atom. The van der Waals surface area contributed by atoms with E-state index in [1.807, 2.05) is 16.8 Å². The van der Waals surface area contributed by atoms with Crippen LogP contribution in [0.5, 0.6) is 0 Å². The number of hydrogen-bond donors (Lipinski definition) is 0. The Morgan fingerprint density at radius 3 is 2.79 bits per heavy atom. The molecule has 0 fully saturated rings. The topological polar surface area (TPSA) is 64.4 Å². The van der Waals surface area contributed by atoms with Gasteiger partial charge in [0.2, 0.25) is 10.0 Å². The molecule has 1 aromatic heterocycles. The van der Waals surface area contributed by atoms with Gasteiger partial charge in [0.05, 0.1) is 30.3 Å². The maximum atomic E-state index is 13.0. The van der Waals surface area contributed by atoms with Crippen LogP contribution in [-0.4, -0.2) is 42.3 Å². The smallest absolute Gasteiger partial charge is 0.243 e. The molecule has 0 aliphatic carbocycles. The van der Waals surface area contributed by atoms with E-state index in [4.69, 9.17) is 4.74 Å². The lowest BCUT2D eigenvalue weighted by atomic mass is 10.1. The van der Waals surface area contributed by atoms with E-state index in [1.165, 1.54) is 4.31 Å². The van der Waals surface area contributed by atoms with Gasteiger partial charge in [-0.1, -0.05) is 24.3 Å². The fourth-order valence-electron chi connectivity index (χ4n) is 2.84.